The van der Waals surface area contributed by atoms with Gasteiger partial charge in [-0.1, -0.05) is 6.07 Å². The molecule has 0 saturated carbocycles. The first-order valence-corrected chi connectivity index (χ1v) is 7.46. The molecule has 0 radical (unpaired) electrons. The van der Waals surface area contributed by atoms with Gasteiger partial charge >= 0.3 is 0 Å². The maximum atomic E-state index is 12.0. The molecule has 20 heavy (non-hydrogen) atoms. The molecule has 2 aliphatic rings. The molecule has 2 heterocycles. The third kappa shape index (κ3) is 2.23. The van der Waals surface area contributed by atoms with Crippen LogP contribution in [-0.4, -0.2) is 32.6 Å². The number of fused-ring (bicyclic) bond motifs is 1. The predicted octanol–water partition coefficient (Wildman–Crippen LogP) is 2.01. The lowest BCUT2D eigenvalue weighted by molar-refractivity contribution is -0.128. The molecule has 1 amide bonds. The minimum atomic E-state index is -0.266. The SMILES string of the molecule is CNC(=O)C1(C)CCN(c2ccc3c(c2)NCCC3)C1. The lowest BCUT2D eigenvalue weighted by Crippen LogP contribution is -2.39. The molecule has 4 heteroatoms. The van der Waals surface area contributed by atoms with E-state index in [4.69, 9.17) is 0 Å². The first kappa shape index (κ1) is 13.3. The van der Waals surface area contributed by atoms with Crippen molar-refractivity contribution < 1.29 is 4.79 Å². The summed E-state index contributed by atoms with van der Waals surface area (Å²) in [6, 6.07) is 6.66. The minimum Gasteiger partial charge on any atom is -0.385 e. The van der Waals surface area contributed by atoms with Crippen LogP contribution < -0.4 is 15.5 Å². The van der Waals surface area contributed by atoms with Gasteiger partial charge in [-0.2, -0.15) is 0 Å². The van der Waals surface area contributed by atoms with Crippen LogP contribution >= 0.6 is 0 Å². The van der Waals surface area contributed by atoms with Crippen molar-refractivity contribution in [3.05, 3.63) is 23.8 Å². The van der Waals surface area contributed by atoms with Crippen molar-refractivity contribution in [1.29, 1.82) is 0 Å². The van der Waals surface area contributed by atoms with Gasteiger partial charge in [0.25, 0.3) is 0 Å². The van der Waals surface area contributed by atoms with E-state index >= 15 is 0 Å². The van der Waals surface area contributed by atoms with Crippen molar-refractivity contribution >= 4 is 17.3 Å². The zero-order chi connectivity index (χ0) is 14.2. The number of nitrogens with one attached hydrogen (secondary N) is 2. The second-order valence-electron chi connectivity index (χ2n) is 6.18. The number of aryl methyl sites for hydroxylation is 1. The van der Waals surface area contributed by atoms with Gasteiger partial charge in [0.1, 0.15) is 0 Å². The van der Waals surface area contributed by atoms with Crippen molar-refractivity contribution in [3.8, 4) is 0 Å². The highest BCUT2D eigenvalue weighted by Crippen LogP contribution is 2.35. The van der Waals surface area contributed by atoms with Gasteiger partial charge in [-0.25, -0.2) is 0 Å². The Morgan fingerprint density at radius 1 is 1.45 bits per heavy atom. The summed E-state index contributed by atoms with van der Waals surface area (Å²) in [6.07, 6.45) is 3.29. The fourth-order valence-corrected chi connectivity index (χ4v) is 3.31. The van der Waals surface area contributed by atoms with E-state index in [1.165, 1.54) is 29.8 Å². The third-order valence-corrected chi connectivity index (χ3v) is 4.65. The smallest absolute Gasteiger partial charge is 0.227 e. The molecule has 1 aromatic carbocycles. The number of carbonyl (C=O) groups excluding carboxylic acids is 1. The second-order valence-corrected chi connectivity index (χ2v) is 6.18. The van der Waals surface area contributed by atoms with Gasteiger partial charge in [0.15, 0.2) is 0 Å². The van der Waals surface area contributed by atoms with Crippen LogP contribution in [0.2, 0.25) is 0 Å². The Hall–Kier alpha value is -1.71. The molecule has 0 aliphatic carbocycles. The number of rotatable bonds is 2. The Labute approximate surface area is 120 Å². The van der Waals surface area contributed by atoms with Gasteiger partial charge in [-0.05, 0) is 43.9 Å². The average molecular weight is 273 g/mol. The molecular formula is C16H23N3O. The maximum Gasteiger partial charge on any atom is 0.227 e. The zero-order valence-corrected chi connectivity index (χ0v) is 12.3. The van der Waals surface area contributed by atoms with Gasteiger partial charge < -0.3 is 15.5 Å². The second kappa shape index (κ2) is 5.00. The standard InChI is InChI=1S/C16H23N3O/c1-16(15(20)17-2)7-9-19(11-16)13-6-5-12-4-3-8-18-14(12)10-13/h5-6,10,18H,3-4,7-9,11H2,1-2H3,(H,17,20). The molecule has 108 valence electrons. The monoisotopic (exact) mass is 273 g/mol. The van der Waals surface area contributed by atoms with Crippen molar-refractivity contribution in [3.63, 3.8) is 0 Å². The molecule has 0 spiro atoms. The number of hydrogen-bond acceptors (Lipinski definition) is 3. The van der Waals surface area contributed by atoms with Gasteiger partial charge in [0.2, 0.25) is 5.91 Å². The molecule has 1 saturated heterocycles. The van der Waals surface area contributed by atoms with E-state index in [-0.39, 0.29) is 11.3 Å². The van der Waals surface area contributed by atoms with Crippen LogP contribution in [0.15, 0.2) is 18.2 Å². The molecule has 1 atom stereocenters. The molecule has 1 fully saturated rings. The minimum absolute atomic E-state index is 0.149. The van der Waals surface area contributed by atoms with Crippen LogP contribution in [0.3, 0.4) is 0 Å². The van der Waals surface area contributed by atoms with Gasteiger partial charge in [-0.3, -0.25) is 4.79 Å². The van der Waals surface area contributed by atoms with Gasteiger partial charge in [0.05, 0.1) is 5.41 Å². The summed E-state index contributed by atoms with van der Waals surface area (Å²) in [6.45, 7) is 4.86. The molecule has 1 unspecified atom stereocenters. The van der Waals surface area contributed by atoms with E-state index in [9.17, 15) is 4.79 Å². The summed E-state index contributed by atoms with van der Waals surface area (Å²) in [4.78, 5) is 14.3. The Balaban J connectivity index is 1.79. The normalized spacial score (nSPS) is 25.0. The first-order chi connectivity index (χ1) is 9.62. The van der Waals surface area contributed by atoms with Crippen LogP contribution in [0.5, 0.6) is 0 Å². The first-order valence-electron chi connectivity index (χ1n) is 7.46. The summed E-state index contributed by atoms with van der Waals surface area (Å²) in [5.41, 5.74) is 3.64. The average Bonchev–Trinajstić information content (AvgIpc) is 2.89. The van der Waals surface area contributed by atoms with Crippen LogP contribution in [-0.2, 0) is 11.2 Å². The van der Waals surface area contributed by atoms with Crippen LogP contribution in [0.4, 0.5) is 11.4 Å². The van der Waals surface area contributed by atoms with Gasteiger partial charge in [-0.15, -0.1) is 0 Å². The third-order valence-electron chi connectivity index (χ3n) is 4.65. The molecule has 1 aromatic rings. The quantitative estimate of drug-likeness (QED) is 0.866. The van der Waals surface area contributed by atoms with Crippen molar-refractivity contribution in [1.82, 2.24) is 5.32 Å². The number of benzene rings is 1. The number of hydrogen-bond donors (Lipinski definition) is 2. The predicted molar refractivity (Wildman–Crippen MR) is 82.3 cm³/mol. The molecule has 0 aromatic heterocycles. The zero-order valence-electron chi connectivity index (χ0n) is 12.3. The fourth-order valence-electron chi connectivity index (χ4n) is 3.31. The van der Waals surface area contributed by atoms with Crippen molar-refractivity contribution in [2.45, 2.75) is 26.2 Å². The highest BCUT2D eigenvalue weighted by atomic mass is 16.2. The summed E-state index contributed by atoms with van der Waals surface area (Å²) in [7, 11) is 1.72. The van der Waals surface area contributed by atoms with Crippen LogP contribution in [0, 0.1) is 5.41 Å². The number of anilines is 2. The summed E-state index contributed by atoms with van der Waals surface area (Å²) in [5.74, 6) is 0.149. The van der Waals surface area contributed by atoms with Crippen molar-refractivity contribution in [2.24, 2.45) is 5.41 Å². The van der Waals surface area contributed by atoms with E-state index in [1.54, 1.807) is 7.05 Å². The number of carbonyl (C=O) groups is 1. The maximum absolute atomic E-state index is 12.0. The largest absolute Gasteiger partial charge is 0.385 e. The molecular weight excluding hydrogens is 250 g/mol. The van der Waals surface area contributed by atoms with Crippen molar-refractivity contribution in [2.75, 3.05) is 36.9 Å². The number of amides is 1. The van der Waals surface area contributed by atoms with E-state index in [2.05, 4.69) is 40.7 Å². The molecule has 2 N–H and O–H groups in total. The van der Waals surface area contributed by atoms with E-state index < -0.39 is 0 Å². The fraction of sp³-hybridized carbons (Fsp3) is 0.562. The van der Waals surface area contributed by atoms with E-state index in [0.717, 1.165) is 26.1 Å². The lowest BCUT2D eigenvalue weighted by atomic mass is 9.89. The Kier molecular flexibility index (Phi) is 3.32. The van der Waals surface area contributed by atoms with E-state index in [1.807, 2.05) is 0 Å². The number of nitrogens with zero attached hydrogens (tertiary/aromatic N) is 1. The Bertz CT molecular complexity index is 528. The van der Waals surface area contributed by atoms with E-state index in [0.29, 0.717) is 0 Å². The molecule has 3 rings (SSSR count). The Morgan fingerprint density at radius 2 is 2.30 bits per heavy atom. The van der Waals surface area contributed by atoms with Crippen LogP contribution in [0.1, 0.15) is 25.3 Å². The lowest BCUT2D eigenvalue weighted by Gasteiger charge is -2.26. The highest BCUT2D eigenvalue weighted by Gasteiger charge is 2.39. The molecule has 2 aliphatic heterocycles. The highest BCUT2D eigenvalue weighted by molar-refractivity contribution is 5.83. The summed E-state index contributed by atoms with van der Waals surface area (Å²) < 4.78 is 0. The summed E-state index contributed by atoms with van der Waals surface area (Å²) in [5, 5.41) is 6.27. The Morgan fingerprint density at radius 3 is 3.10 bits per heavy atom. The molecule has 4 nitrogen and oxygen atoms in total. The summed E-state index contributed by atoms with van der Waals surface area (Å²) >= 11 is 0. The molecule has 0 bridgehead atoms. The van der Waals surface area contributed by atoms with Crippen LogP contribution in [0.25, 0.3) is 0 Å². The van der Waals surface area contributed by atoms with Gasteiger partial charge in [0, 0.05) is 38.1 Å². The topological polar surface area (TPSA) is 44.4 Å².